The van der Waals surface area contributed by atoms with Crippen molar-refractivity contribution >= 4 is 50.6 Å². The zero-order chi connectivity index (χ0) is 21.2. The van der Waals surface area contributed by atoms with Crippen molar-refractivity contribution in [2.75, 3.05) is 5.32 Å². The first-order chi connectivity index (χ1) is 13.6. The quantitative estimate of drug-likeness (QED) is 0.541. The van der Waals surface area contributed by atoms with Crippen LogP contribution in [0.2, 0.25) is 5.02 Å². The first kappa shape index (κ1) is 21.3. The Labute approximate surface area is 178 Å². The van der Waals surface area contributed by atoms with Crippen LogP contribution in [0.5, 0.6) is 0 Å². The predicted molar refractivity (Wildman–Crippen MR) is 120 cm³/mol. The van der Waals surface area contributed by atoms with Gasteiger partial charge in [0.15, 0.2) is 0 Å². The Morgan fingerprint density at radius 1 is 1.14 bits per heavy atom. The highest BCUT2D eigenvalue weighted by atomic mass is 35.5. The number of anilines is 1. The van der Waals surface area contributed by atoms with Gasteiger partial charge in [-0.2, -0.15) is 0 Å². The molecule has 8 heteroatoms. The molecule has 29 heavy (non-hydrogen) atoms. The van der Waals surface area contributed by atoms with Crippen molar-refractivity contribution in [3.63, 3.8) is 0 Å². The third-order valence-electron chi connectivity index (χ3n) is 4.39. The Morgan fingerprint density at radius 3 is 2.55 bits per heavy atom. The molecule has 2 aromatic carbocycles. The second-order valence-electron chi connectivity index (χ2n) is 6.46. The average molecular weight is 447 g/mol. The lowest BCUT2D eigenvalue weighted by Gasteiger charge is -2.11. The highest BCUT2D eigenvalue weighted by Gasteiger charge is 2.13. The van der Waals surface area contributed by atoms with Crippen LogP contribution in [-0.4, -0.2) is 14.3 Å². The van der Waals surface area contributed by atoms with Crippen molar-refractivity contribution in [3.05, 3.63) is 75.6 Å². The maximum atomic E-state index is 12.3. The number of halogens is 1. The number of carbonyl (C=O) groups excluding carboxylic acids is 1. The van der Waals surface area contributed by atoms with E-state index in [1.54, 1.807) is 19.9 Å². The smallest absolute Gasteiger partial charge is 0.248 e. The van der Waals surface area contributed by atoms with Gasteiger partial charge in [0, 0.05) is 32.1 Å². The molecule has 0 saturated carbocycles. The van der Waals surface area contributed by atoms with Gasteiger partial charge in [0.2, 0.25) is 15.9 Å². The van der Waals surface area contributed by atoms with E-state index in [1.165, 1.54) is 29.5 Å². The molecule has 0 saturated heterocycles. The van der Waals surface area contributed by atoms with Crippen LogP contribution in [0.3, 0.4) is 0 Å². The number of aryl methyl sites for hydroxylation is 1. The van der Waals surface area contributed by atoms with E-state index in [-0.39, 0.29) is 10.8 Å². The van der Waals surface area contributed by atoms with Gasteiger partial charge < -0.3 is 5.32 Å². The van der Waals surface area contributed by atoms with Crippen molar-refractivity contribution in [2.45, 2.75) is 18.7 Å². The molecule has 0 bridgehead atoms. The molecule has 0 aliphatic carbocycles. The minimum Gasteiger partial charge on any atom is -0.322 e. The first-order valence-corrected chi connectivity index (χ1v) is 11.4. The molecule has 0 fully saturated rings. The number of thiophene rings is 1. The van der Waals surface area contributed by atoms with E-state index in [0.717, 1.165) is 26.4 Å². The zero-order valence-corrected chi connectivity index (χ0v) is 18.2. The zero-order valence-electron chi connectivity index (χ0n) is 15.8. The van der Waals surface area contributed by atoms with Gasteiger partial charge in [-0.15, -0.1) is 11.3 Å². The number of primary sulfonamides is 1. The fourth-order valence-corrected chi connectivity index (χ4v) is 4.57. The molecule has 0 unspecified atom stereocenters. The van der Waals surface area contributed by atoms with E-state index in [0.29, 0.717) is 10.7 Å². The highest BCUT2D eigenvalue weighted by molar-refractivity contribution is 7.89. The number of carbonyl (C=O) groups is 1. The summed E-state index contributed by atoms with van der Waals surface area (Å²) in [6.45, 7) is 3.56. The summed E-state index contributed by atoms with van der Waals surface area (Å²) < 4.78 is 23.3. The van der Waals surface area contributed by atoms with Crippen molar-refractivity contribution in [3.8, 4) is 10.4 Å². The van der Waals surface area contributed by atoms with Gasteiger partial charge in [-0.1, -0.05) is 29.8 Å². The maximum Gasteiger partial charge on any atom is 0.248 e. The summed E-state index contributed by atoms with van der Waals surface area (Å²) >= 11 is 7.74. The van der Waals surface area contributed by atoms with Gasteiger partial charge in [-0.3, -0.25) is 4.79 Å². The Kier molecular flexibility index (Phi) is 6.24. The Morgan fingerprint density at radius 2 is 1.86 bits per heavy atom. The molecule has 150 valence electrons. The van der Waals surface area contributed by atoms with Crippen molar-refractivity contribution < 1.29 is 13.2 Å². The van der Waals surface area contributed by atoms with Crippen LogP contribution in [0, 0.1) is 13.8 Å². The van der Waals surface area contributed by atoms with Gasteiger partial charge in [0.1, 0.15) is 0 Å². The number of hydrogen-bond acceptors (Lipinski definition) is 4. The molecule has 5 nitrogen and oxygen atoms in total. The number of sulfonamides is 1. The van der Waals surface area contributed by atoms with Crippen molar-refractivity contribution in [1.82, 2.24) is 0 Å². The summed E-state index contributed by atoms with van der Waals surface area (Å²) in [5.74, 6) is -0.369. The van der Waals surface area contributed by atoms with Crippen LogP contribution in [0.25, 0.3) is 16.5 Å². The van der Waals surface area contributed by atoms with E-state index in [9.17, 15) is 13.2 Å². The summed E-state index contributed by atoms with van der Waals surface area (Å²) in [4.78, 5) is 14.2. The Balaban J connectivity index is 1.78. The molecule has 3 N–H and O–H groups in total. The molecule has 0 aliphatic heterocycles. The van der Waals surface area contributed by atoms with Crippen LogP contribution in [0.15, 0.2) is 59.5 Å². The van der Waals surface area contributed by atoms with Gasteiger partial charge >= 0.3 is 0 Å². The van der Waals surface area contributed by atoms with E-state index in [4.69, 9.17) is 16.7 Å². The second-order valence-corrected chi connectivity index (χ2v) is 9.55. The average Bonchev–Trinajstić information content (AvgIpc) is 3.12. The second kappa shape index (κ2) is 8.51. The highest BCUT2D eigenvalue weighted by Crippen LogP contribution is 2.33. The summed E-state index contributed by atoms with van der Waals surface area (Å²) in [5, 5.41) is 8.60. The number of nitrogens with two attached hydrogens (primary N) is 1. The Hall–Kier alpha value is -2.45. The molecule has 3 rings (SSSR count). The van der Waals surface area contributed by atoms with Crippen LogP contribution in [-0.2, 0) is 14.8 Å². The summed E-state index contributed by atoms with van der Waals surface area (Å²) in [6, 6.07) is 14.3. The molecule has 3 aromatic rings. The lowest BCUT2D eigenvalue weighted by atomic mass is 10.1. The van der Waals surface area contributed by atoms with Crippen LogP contribution in [0.4, 0.5) is 5.69 Å². The van der Waals surface area contributed by atoms with Gasteiger partial charge in [-0.05, 0) is 61.4 Å². The van der Waals surface area contributed by atoms with Crippen LogP contribution < -0.4 is 10.5 Å². The predicted octanol–water partition coefficient (Wildman–Crippen LogP) is 4.98. The molecule has 0 atom stereocenters. The lowest BCUT2D eigenvalue weighted by molar-refractivity contribution is -0.111. The third kappa shape index (κ3) is 5.13. The lowest BCUT2D eigenvalue weighted by Crippen LogP contribution is -2.15. The molecule has 1 aromatic heterocycles. The normalized spacial score (nSPS) is 11.7. The number of benzene rings is 2. The van der Waals surface area contributed by atoms with E-state index in [1.807, 2.05) is 36.4 Å². The van der Waals surface area contributed by atoms with Crippen molar-refractivity contribution in [2.24, 2.45) is 5.14 Å². The number of nitrogens with one attached hydrogen (secondary N) is 1. The van der Waals surface area contributed by atoms with Gasteiger partial charge in [-0.25, -0.2) is 13.6 Å². The van der Waals surface area contributed by atoms with Crippen LogP contribution >= 0.6 is 22.9 Å². The number of amides is 1. The SMILES string of the molecule is Cc1cc(S(N)(=O)=O)cc(NC(=O)/C=C/c2ccc(-c3ccccc3Cl)s2)c1C. The monoisotopic (exact) mass is 446 g/mol. The van der Waals surface area contributed by atoms with E-state index in [2.05, 4.69) is 5.32 Å². The fourth-order valence-electron chi connectivity index (χ4n) is 2.70. The maximum absolute atomic E-state index is 12.3. The van der Waals surface area contributed by atoms with E-state index < -0.39 is 10.0 Å². The third-order valence-corrected chi connectivity index (χ3v) is 6.70. The topological polar surface area (TPSA) is 89.3 Å². The fraction of sp³-hybridized carbons (Fsp3) is 0.0952. The van der Waals surface area contributed by atoms with Gasteiger partial charge in [0.05, 0.1) is 4.90 Å². The van der Waals surface area contributed by atoms with Crippen LogP contribution in [0.1, 0.15) is 16.0 Å². The largest absolute Gasteiger partial charge is 0.322 e. The minimum atomic E-state index is -3.86. The standard InChI is InChI=1S/C21H19ClN2O3S2/c1-13-11-16(29(23,26)27)12-19(14(13)2)24-21(25)10-8-15-7-9-20(28-15)17-5-3-4-6-18(17)22/h3-12H,1-2H3,(H,24,25)(H2,23,26,27)/b10-8+. The summed E-state index contributed by atoms with van der Waals surface area (Å²) in [5.41, 5.74) is 2.84. The van der Waals surface area contributed by atoms with Gasteiger partial charge in [0.25, 0.3) is 0 Å². The first-order valence-electron chi connectivity index (χ1n) is 8.63. The molecule has 1 heterocycles. The summed E-state index contributed by atoms with van der Waals surface area (Å²) in [7, 11) is -3.86. The number of hydrogen-bond donors (Lipinski definition) is 2. The summed E-state index contributed by atoms with van der Waals surface area (Å²) in [6.07, 6.45) is 3.10. The number of rotatable bonds is 5. The van der Waals surface area contributed by atoms with Crippen molar-refractivity contribution in [1.29, 1.82) is 0 Å². The minimum absolute atomic E-state index is 0.0393. The molecule has 0 spiro atoms. The Bertz CT molecular complexity index is 1210. The van der Waals surface area contributed by atoms with E-state index >= 15 is 0 Å². The molecular weight excluding hydrogens is 428 g/mol. The molecule has 0 radical (unpaired) electrons. The molecule has 1 amide bonds. The molecule has 0 aliphatic rings. The molecular formula is C21H19ClN2O3S2.